The summed E-state index contributed by atoms with van der Waals surface area (Å²) in [5.74, 6) is 0.874. The molecule has 1 radical (unpaired) electrons. The first kappa shape index (κ1) is 8.94. The van der Waals surface area contributed by atoms with Gasteiger partial charge < -0.3 is 4.52 Å². The lowest BCUT2D eigenvalue weighted by Gasteiger charge is -1.90. The van der Waals surface area contributed by atoms with Crippen LogP contribution >= 0.6 is 0 Å². The molecule has 0 fully saturated rings. The fourth-order valence-electron chi connectivity index (χ4n) is 1.26. The topological polar surface area (TPSA) is 38.9 Å². The maximum atomic E-state index is 5.14. The molecule has 0 spiro atoms. The van der Waals surface area contributed by atoms with Crippen LogP contribution in [0.25, 0.3) is 11.3 Å². The van der Waals surface area contributed by atoms with E-state index in [1.54, 1.807) is 12.4 Å². The Morgan fingerprint density at radius 1 is 1.43 bits per heavy atom. The molecule has 0 saturated carbocycles. The Balaban J connectivity index is 2.25. The smallest absolute Gasteiger partial charge is 0.137 e. The highest BCUT2D eigenvalue weighted by atomic mass is 16.5. The van der Waals surface area contributed by atoms with Crippen LogP contribution in [0.15, 0.2) is 35.1 Å². The molecule has 2 aromatic rings. The molecule has 2 heterocycles. The molecule has 0 unspecified atom stereocenters. The van der Waals surface area contributed by atoms with Crippen LogP contribution < -0.4 is 0 Å². The van der Waals surface area contributed by atoms with E-state index in [1.165, 1.54) is 0 Å². The van der Waals surface area contributed by atoms with Crippen LogP contribution in [0, 0.1) is 6.92 Å². The highest BCUT2D eigenvalue weighted by molar-refractivity contribution is 5.57. The summed E-state index contributed by atoms with van der Waals surface area (Å²) in [5, 5.41) is 3.96. The third kappa shape index (κ3) is 1.82. The van der Waals surface area contributed by atoms with Gasteiger partial charge in [0.2, 0.25) is 0 Å². The Kier molecular flexibility index (Phi) is 2.58. The maximum absolute atomic E-state index is 5.14. The van der Waals surface area contributed by atoms with Gasteiger partial charge in [0.25, 0.3) is 0 Å². The van der Waals surface area contributed by atoms with Crippen LogP contribution in [0.2, 0.25) is 0 Å². The first-order chi connectivity index (χ1) is 6.90. The minimum Gasteiger partial charge on any atom is -0.361 e. The van der Waals surface area contributed by atoms with Crippen molar-refractivity contribution in [1.82, 2.24) is 10.1 Å². The highest BCUT2D eigenvalue weighted by Crippen LogP contribution is 2.18. The summed E-state index contributed by atoms with van der Waals surface area (Å²) < 4.78 is 5.14. The second kappa shape index (κ2) is 4.05. The molecule has 0 aliphatic carbocycles. The summed E-state index contributed by atoms with van der Waals surface area (Å²) in [6.07, 6.45) is 5.15. The molecule has 3 nitrogen and oxygen atoms in total. The lowest BCUT2D eigenvalue weighted by Crippen LogP contribution is -1.77. The molecule has 71 valence electrons. The van der Waals surface area contributed by atoms with Crippen molar-refractivity contribution in [2.75, 3.05) is 0 Å². The van der Waals surface area contributed by atoms with E-state index in [-0.39, 0.29) is 0 Å². The quantitative estimate of drug-likeness (QED) is 0.741. The van der Waals surface area contributed by atoms with Crippen LogP contribution in [-0.2, 0) is 6.42 Å². The van der Waals surface area contributed by atoms with Crippen molar-refractivity contribution in [3.8, 4) is 11.3 Å². The Morgan fingerprint density at radius 2 is 2.36 bits per heavy atom. The molecular weight excluding hydrogens is 176 g/mol. The van der Waals surface area contributed by atoms with Crippen molar-refractivity contribution in [2.24, 2.45) is 0 Å². The van der Waals surface area contributed by atoms with Crippen LogP contribution in [0.3, 0.4) is 0 Å². The van der Waals surface area contributed by atoms with Gasteiger partial charge in [0, 0.05) is 30.4 Å². The van der Waals surface area contributed by atoms with E-state index in [0.717, 1.165) is 29.9 Å². The number of pyridine rings is 1. The molecule has 0 aliphatic rings. The van der Waals surface area contributed by atoms with Gasteiger partial charge in [0.1, 0.15) is 11.5 Å². The molecular formula is C11H11N2O. The average Bonchev–Trinajstić information content (AvgIpc) is 2.68. The number of rotatable bonds is 3. The first-order valence-corrected chi connectivity index (χ1v) is 4.55. The molecule has 2 rings (SSSR count). The van der Waals surface area contributed by atoms with E-state index in [4.69, 9.17) is 4.52 Å². The van der Waals surface area contributed by atoms with Gasteiger partial charge in [-0.3, -0.25) is 4.98 Å². The summed E-state index contributed by atoms with van der Waals surface area (Å²) in [4.78, 5) is 4.02. The highest BCUT2D eigenvalue weighted by Gasteiger charge is 2.04. The predicted molar refractivity (Wildman–Crippen MR) is 53.4 cm³/mol. The van der Waals surface area contributed by atoms with Crippen molar-refractivity contribution >= 4 is 0 Å². The second-order valence-corrected chi connectivity index (χ2v) is 3.02. The van der Waals surface area contributed by atoms with Gasteiger partial charge in [-0.15, -0.1) is 0 Å². The zero-order valence-corrected chi connectivity index (χ0v) is 7.81. The SMILES string of the molecule is [CH2]CCc1cc(-c2cccnc2)no1. The molecule has 3 heteroatoms. The Bertz CT molecular complexity index is 395. The number of hydrogen-bond acceptors (Lipinski definition) is 3. The molecule has 0 aromatic carbocycles. The first-order valence-electron chi connectivity index (χ1n) is 4.55. The summed E-state index contributed by atoms with van der Waals surface area (Å²) >= 11 is 0. The maximum Gasteiger partial charge on any atom is 0.137 e. The summed E-state index contributed by atoms with van der Waals surface area (Å²) in [6, 6.07) is 5.77. The monoisotopic (exact) mass is 187 g/mol. The molecule has 0 saturated heterocycles. The average molecular weight is 187 g/mol. The number of aromatic nitrogens is 2. The normalized spacial score (nSPS) is 10.4. The number of aryl methyl sites for hydroxylation is 1. The van der Waals surface area contributed by atoms with Crippen LogP contribution in [0.4, 0.5) is 0 Å². The predicted octanol–water partition coefficient (Wildman–Crippen LogP) is 2.50. The third-order valence-electron chi connectivity index (χ3n) is 1.94. The molecule has 0 atom stereocenters. The second-order valence-electron chi connectivity index (χ2n) is 3.02. The van der Waals surface area contributed by atoms with Gasteiger partial charge in [-0.2, -0.15) is 0 Å². The molecule has 0 amide bonds. The summed E-state index contributed by atoms with van der Waals surface area (Å²) in [7, 11) is 0. The number of hydrogen-bond donors (Lipinski definition) is 0. The van der Waals surface area contributed by atoms with Crippen molar-refractivity contribution in [3.63, 3.8) is 0 Å². The van der Waals surface area contributed by atoms with E-state index in [2.05, 4.69) is 17.1 Å². The molecule has 14 heavy (non-hydrogen) atoms. The van der Waals surface area contributed by atoms with Crippen LogP contribution in [0.1, 0.15) is 12.2 Å². The third-order valence-corrected chi connectivity index (χ3v) is 1.94. The van der Waals surface area contributed by atoms with Gasteiger partial charge in [0.05, 0.1) is 0 Å². The zero-order valence-electron chi connectivity index (χ0n) is 7.81. The Labute approximate surface area is 82.8 Å². The van der Waals surface area contributed by atoms with Crippen LogP contribution in [-0.4, -0.2) is 10.1 Å². The van der Waals surface area contributed by atoms with Gasteiger partial charge in [0.15, 0.2) is 0 Å². The number of nitrogens with zero attached hydrogens (tertiary/aromatic N) is 2. The summed E-state index contributed by atoms with van der Waals surface area (Å²) in [6.45, 7) is 3.76. The van der Waals surface area contributed by atoms with E-state index >= 15 is 0 Å². The van der Waals surface area contributed by atoms with Gasteiger partial charge >= 0.3 is 0 Å². The Hall–Kier alpha value is -1.64. The largest absolute Gasteiger partial charge is 0.361 e. The fourth-order valence-corrected chi connectivity index (χ4v) is 1.26. The van der Waals surface area contributed by atoms with Gasteiger partial charge in [-0.25, -0.2) is 0 Å². The van der Waals surface area contributed by atoms with Crippen molar-refractivity contribution in [1.29, 1.82) is 0 Å². The lowest BCUT2D eigenvalue weighted by atomic mass is 10.2. The standard InChI is InChI=1S/C11H11N2O/c1-2-4-10-7-11(13-14-10)9-5-3-6-12-8-9/h3,5-8H,1-2,4H2. The minimum atomic E-state index is 0.821. The van der Waals surface area contributed by atoms with Gasteiger partial charge in [-0.1, -0.05) is 12.1 Å². The van der Waals surface area contributed by atoms with Crippen LogP contribution in [0.5, 0.6) is 0 Å². The van der Waals surface area contributed by atoms with E-state index < -0.39 is 0 Å². The molecule has 0 N–H and O–H groups in total. The minimum absolute atomic E-state index is 0.821. The van der Waals surface area contributed by atoms with E-state index in [0.29, 0.717) is 0 Å². The van der Waals surface area contributed by atoms with Crippen molar-refractivity contribution in [3.05, 3.63) is 43.3 Å². The zero-order chi connectivity index (χ0) is 9.80. The molecule has 0 aliphatic heterocycles. The van der Waals surface area contributed by atoms with Gasteiger partial charge in [-0.05, 0) is 18.6 Å². The van der Waals surface area contributed by atoms with E-state index in [9.17, 15) is 0 Å². The summed E-state index contributed by atoms with van der Waals surface area (Å²) in [5.41, 5.74) is 1.81. The van der Waals surface area contributed by atoms with Crippen molar-refractivity contribution in [2.45, 2.75) is 12.8 Å². The van der Waals surface area contributed by atoms with E-state index in [1.807, 2.05) is 18.2 Å². The lowest BCUT2D eigenvalue weighted by molar-refractivity contribution is 0.386. The molecule has 2 aromatic heterocycles. The molecule has 0 bridgehead atoms. The Morgan fingerprint density at radius 3 is 3.07 bits per heavy atom. The van der Waals surface area contributed by atoms with Crippen molar-refractivity contribution < 1.29 is 4.52 Å². The fraction of sp³-hybridized carbons (Fsp3) is 0.182.